The molecule has 0 aliphatic carbocycles. The monoisotopic (exact) mass is 422 g/mol. The number of carbonyl (C=O) groups is 3. The number of rotatable bonds is 4. The van der Waals surface area contributed by atoms with E-state index in [1.54, 1.807) is 42.5 Å². The Morgan fingerprint density at radius 1 is 0.812 bits per heavy atom. The second kappa shape index (κ2) is 8.27. The molecule has 3 aromatic rings. The van der Waals surface area contributed by atoms with Gasteiger partial charge in [-0.3, -0.25) is 19.3 Å². The fourth-order valence-electron chi connectivity index (χ4n) is 4.32. The molecule has 0 aromatic heterocycles. The predicted octanol–water partition coefficient (Wildman–Crippen LogP) is 4.41. The van der Waals surface area contributed by atoms with Crippen LogP contribution in [0.2, 0.25) is 0 Å². The molecule has 0 saturated heterocycles. The van der Waals surface area contributed by atoms with Gasteiger partial charge in [-0.25, -0.2) is 0 Å². The summed E-state index contributed by atoms with van der Waals surface area (Å²) in [7, 11) is 0. The van der Waals surface area contributed by atoms with Crippen LogP contribution in [0.1, 0.15) is 48.6 Å². The summed E-state index contributed by atoms with van der Waals surface area (Å²) in [5.41, 5.74) is 4.63. The van der Waals surface area contributed by atoms with Crippen molar-refractivity contribution in [3.63, 3.8) is 0 Å². The summed E-state index contributed by atoms with van der Waals surface area (Å²) in [5, 5.41) is 0. The lowest BCUT2D eigenvalue weighted by Crippen LogP contribution is -2.34. The minimum Gasteiger partial charge on any atom is -0.335 e. The first kappa shape index (κ1) is 19.9. The summed E-state index contributed by atoms with van der Waals surface area (Å²) >= 11 is 0. The van der Waals surface area contributed by atoms with E-state index in [4.69, 9.17) is 0 Å². The summed E-state index contributed by atoms with van der Waals surface area (Å²) in [4.78, 5) is 41.5. The van der Waals surface area contributed by atoms with Gasteiger partial charge in [-0.05, 0) is 47.4 Å². The van der Waals surface area contributed by atoms with E-state index in [1.165, 1.54) is 16.0 Å². The van der Waals surface area contributed by atoms with Crippen LogP contribution in [-0.2, 0) is 6.54 Å². The van der Waals surface area contributed by atoms with Crippen molar-refractivity contribution in [1.82, 2.24) is 9.80 Å². The zero-order valence-corrected chi connectivity index (χ0v) is 17.5. The lowest BCUT2D eigenvalue weighted by molar-refractivity contribution is 0.0642. The van der Waals surface area contributed by atoms with E-state index >= 15 is 0 Å². The lowest BCUT2D eigenvalue weighted by atomic mass is 9.99. The first-order valence-electron chi connectivity index (χ1n) is 10.7. The van der Waals surface area contributed by atoms with Gasteiger partial charge in [0.1, 0.15) is 0 Å². The molecule has 5 rings (SSSR count). The van der Waals surface area contributed by atoms with Crippen molar-refractivity contribution >= 4 is 23.3 Å². The second-order valence-electron chi connectivity index (χ2n) is 8.04. The van der Waals surface area contributed by atoms with E-state index in [0.717, 1.165) is 12.0 Å². The van der Waals surface area contributed by atoms with E-state index in [2.05, 4.69) is 18.2 Å². The van der Waals surface area contributed by atoms with E-state index in [1.807, 2.05) is 29.2 Å². The fraction of sp³-hybridized carbons (Fsp3) is 0.148. The van der Waals surface area contributed by atoms with Crippen molar-refractivity contribution in [2.24, 2.45) is 0 Å². The van der Waals surface area contributed by atoms with Crippen LogP contribution in [0.5, 0.6) is 0 Å². The zero-order chi connectivity index (χ0) is 22.1. The van der Waals surface area contributed by atoms with Crippen molar-refractivity contribution < 1.29 is 14.4 Å². The molecular weight excluding hydrogens is 400 g/mol. The molecule has 0 spiro atoms. The molecule has 0 atom stereocenters. The third-order valence-electron chi connectivity index (χ3n) is 6.03. The van der Waals surface area contributed by atoms with Crippen molar-refractivity contribution in [2.75, 3.05) is 13.1 Å². The topological polar surface area (TPSA) is 57.7 Å². The molecule has 158 valence electrons. The van der Waals surface area contributed by atoms with Crippen LogP contribution >= 0.6 is 0 Å². The Hall–Kier alpha value is -3.99. The smallest absolute Gasteiger partial charge is 0.261 e. The van der Waals surface area contributed by atoms with Gasteiger partial charge in [-0.1, -0.05) is 60.7 Å². The Kier molecular flexibility index (Phi) is 5.15. The maximum Gasteiger partial charge on any atom is 0.261 e. The van der Waals surface area contributed by atoms with Gasteiger partial charge in [-0.15, -0.1) is 0 Å². The van der Waals surface area contributed by atoms with Gasteiger partial charge in [0.25, 0.3) is 17.7 Å². The third kappa shape index (κ3) is 3.62. The lowest BCUT2D eigenvalue weighted by Gasteiger charge is -2.27. The summed E-state index contributed by atoms with van der Waals surface area (Å²) in [6.07, 6.45) is 2.92. The Bertz CT molecular complexity index is 1210. The molecule has 32 heavy (non-hydrogen) atoms. The summed E-state index contributed by atoms with van der Waals surface area (Å²) in [6.45, 7) is 1.36. The van der Waals surface area contributed by atoms with Gasteiger partial charge in [-0.2, -0.15) is 0 Å². The quantitative estimate of drug-likeness (QED) is 0.585. The van der Waals surface area contributed by atoms with Gasteiger partial charge < -0.3 is 4.90 Å². The summed E-state index contributed by atoms with van der Waals surface area (Å²) < 4.78 is 0. The van der Waals surface area contributed by atoms with Crippen LogP contribution < -0.4 is 0 Å². The molecule has 0 N–H and O–H groups in total. The van der Waals surface area contributed by atoms with E-state index < -0.39 is 0 Å². The van der Waals surface area contributed by atoms with Crippen molar-refractivity contribution in [3.05, 3.63) is 113 Å². The van der Waals surface area contributed by atoms with Crippen molar-refractivity contribution in [2.45, 2.75) is 13.0 Å². The van der Waals surface area contributed by atoms with E-state index in [-0.39, 0.29) is 24.3 Å². The third-order valence-corrected chi connectivity index (χ3v) is 6.03. The largest absolute Gasteiger partial charge is 0.335 e. The minimum absolute atomic E-state index is 0.0439. The van der Waals surface area contributed by atoms with Crippen LogP contribution in [0.4, 0.5) is 0 Å². The molecule has 0 fully saturated rings. The van der Waals surface area contributed by atoms with Crippen LogP contribution in [0.25, 0.3) is 5.57 Å². The maximum absolute atomic E-state index is 13.1. The zero-order valence-electron chi connectivity index (χ0n) is 17.5. The summed E-state index contributed by atoms with van der Waals surface area (Å²) in [6, 6.07) is 24.3. The standard InChI is InChI=1S/C27H22N2O3/c30-25(28-15-13-21(14-16-28)20-8-2-1-3-9-20)22-10-6-7-19(17-22)18-29-26(31)23-11-4-5-12-24(23)27(29)32/h1-13,17H,14-16,18H2. The summed E-state index contributed by atoms with van der Waals surface area (Å²) in [5.74, 6) is -0.633. The molecule has 2 aliphatic heterocycles. The molecule has 0 saturated carbocycles. The van der Waals surface area contributed by atoms with Crippen molar-refractivity contribution in [1.29, 1.82) is 0 Å². The van der Waals surface area contributed by atoms with Gasteiger partial charge in [0.15, 0.2) is 0 Å². The predicted molar refractivity (Wildman–Crippen MR) is 122 cm³/mol. The Morgan fingerprint density at radius 2 is 1.50 bits per heavy atom. The molecule has 5 nitrogen and oxygen atoms in total. The van der Waals surface area contributed by atoms with Gasteiger partial charge in [0.05, 0.1) is 17.7 Å². The van der Waals surface area contributed by atoms with Crippen LogP contribution in [0, 0.1) is 0 Å². The Labute approximate surface area is 186 Å². The highest BCUT2D eigenvalue weighted by molar-refractivity contribution is 6.21. The van der Waals surface area contributed by atoms with Gasteiger partial charge in [0, 0.05) is 18.7 Å². The molecule has 0 radical (unpaired) electrons. The Balaban J connectivity index is 1.30. The number of fused-ring (bicyclic) bond motifs is 1. The van der Waals surface area contributed by atoms with Crippen LogP contribution in [-0.4, -0.2) is 40.6 Å². The SMILES string of the molecule is O=C(c1cccc(CN2C(=O)c3ccccc3C2=O)c1)N1CC=C(c2ccccc2)CC1. The number of imide groups is 1. The first-order valence-corrected chi connectivity index (χ1v) is 10.7. The highest BCUT2D eigenvalue weighted by atomic mass is 16.2. The highest BCUT2D eigenvalue weighted by Crippen LogP contribution is 2.26. The number of hydrogen-bond donors (Lipinski definition) is 0. The molecule has 3 aromatic carbocycles. The van der Waals surface area contributed by atoms with Crippen LogP contribution in [0.3, 0.4) is 0 Å². The molecule has 0 unspecified atom stereocenters. The molecule has 0 bridgehead atoms. The molecule has 3 amide bonds. The molecule has 5 heteroatoms. The van der Waals surface area contributed by atoms with E-state index in [9.17, 15) is 14.4 Å². The molecule has 2 aliphatic rings. The number of hydrogen-bond acceptors (Lipinski definition) is 3. The maximum atomic E-state index is 13.1. The number of nitrogens with zero attached hydrogens (tertiary/aromatic N) is 2. The fourth-order valence-corrected chi connectivity index (χ4v) is 4.32. The van der Waals surface area contributed by atoms with Crippen LogP contribution in [0.15, 0.2) is 84.9 Å². The molecular formula is C27H22N2O3. The molecule has 2 heterocycles. The minimum atomic E-state index is -0.295. The normalized spacial score (nSPS) is 15.6. The Morgan fingerprint density at radius 3 is 2.16 bits per heavy atom. The average molecular weight is 422 g/mol. The highest BCUT2D eigenvalue weighted by Gasteiger charge is 2.35. The number of amides is 3. The van der Waals surface area contributed by atoms with Gasteiger partial charge in [0.2, 0.25) is 0 Å². The van der Waals surface area contributed by atoms with Crippen molar-refractivity contribution in [3.8, 4) is 0 Å². The average Bonchev–Trinajstić information content (AvgIpc) is 3.09. The number of benzene rings is 3. The number of carbonyl (C=O) groups excluding carboxylic acids is 3. The van der Waals surface area contributed by atoms with E-state index in [0.29, 0.717) is 29.8 Å². The second-order valence-corrected chi connectivity index (χ2v) is 8.04. The van der Waals surface area contributed by atoms with Gasteiger partial charge >= 0.3 is 0 Å². The first-order chi connectivity index (χ1) is 15.6.